The molecule has 0 N–H and O–H groups in total. The molecule has 0 rings (SSSR count). The maximum absolute atomic E-state index is 12.7. The fraction of sp³-hybridized carbons (Fsp3) is 0.771. The zero-order valence-electron chi connectivity index (χ0n) is 35.5. The molecule has 0 aliphatic carbocycles. The van der Waals surface area contributed by atoms with Crippen LogP contribution in [0.3, 0.4) is 0 Å². The summed E-state index contributed by atoms with van der Waals surface area (Å²) in [6.45, 7) is 6.44. The van der Waals surface area contributed by atoms with E-state index >= 15 is 0 Å². The first-order valence-corrected chi connectivity index (χ1v) is 22.6. The highest BCUT2D eigenvalue weighted by atomic mass is 16.6. The van der Waals surface area contributed by atoms with Gasteiger partial charge in [0.25, 0.3) is 0 Å². The molecule has 0 radical (unpaired) electrons. The molecular weight excluding hydrogens is 673 g/mol. The number of carbonyl (C=O) groups is 3. The second-order valence-corrected chi connectivity index (χ2v) is 14.9. The predicted octanol–water partition coefficient (Wildman–Crippen LogP) is 14.4. The Bertz CT molecular complexity index is 964. The topological polar surface area (TPSA) is 78.9 Å². The summed E-state index contributed by atoms with van der Waals surface area (Å²) in [5.41, 5.74) is 0. The third-order valence-corrected chi connectivity index (χ3v) is 9.60. The molecule has 0 heterocycles. The van der Waals surface area contributed by atoms with Crippen molar-refractivity contribution >= 4 is 17.9 Å². The van der Waals surface area contributed by atoms with Crippen LogP contribution in [-0.2, 0) is 28.6 Å². The van der Waals surface area contributed by atoms with Crippen molar-refractivity contribution in [2.75, 3.05) is 13.2 Å². The normalized spacial score (nSPS) is 12.4. The van der Waals surface area contributed by atoms with Crippen molar-refractivity contribution in [1.82, 2.24) is 0 Å². The predicted molar refractivity (Wildman–Crippen MR) is 229 cm³/mol. The molecule has 0 amide bonds. The summed E-state index contributed by atoms with van der Waals surface area (Å²) in [6.07, 6.45) is 49.6. The minimum atomic E-state index is -0.782. The fourth-order valence-corrected chi connectivity index (χ4v) is 6.20. The van der Waals surface area contributed by atoms with E-state index in [0.29, 0.717) is 19.3 Å². The number of unbranched alkanes of at least 4 members (excludes halogenated alkanes) is 21. The van der Waals surface area contributed by atoms with E-state index in [4.69, 9.17) is 14.2 Å². The van der Waals surface area contributed by atoms with E-state index in [9.17, 15) is 14.4 Å². The summed E-state index contributed by atoms with van der Waals surface area (Å²) in [4.78, 5) is 37.6. The van der Waals surface area contributed by atoms with E-state index in [-0.39, 0.29) is 31.1 Å². The lowest BCUT2D eigenvalue weighted by molar-refractivity contribution is -0.167. The lowest BCUT2D eigenvalue weighted by atomic mass is 10.0. The van der Waals surface area contributed by atoms with Crippen molar-refractivity contribution in [1.29, 1.82) is 0 Å². The van der Waals surface area contributed by atoms with Gasteiger partial charge in [-0.15, -0.1) is 0 Å². The fourth-order valence-electron chi connectivity index (χ4n) is 6.20. The van der Waals surface area contributed by atoms with Crippen LogP contribution in [0, 0.1) is 0 Å². The summed E-state index contributed by atoms with van der Waals surface area (Å²) in [5.74, 6) is -0.933. The van der Waals surface area contributed by atoms with Gasteiger partial charge in [0.2, 0.25) is 0 Å². The minimum absolute atomic E-state index is 0.0844. The molecule has 0 saturated carbocycles. The summed E-state index contributed by atoms with van der Waals surface area (Å²) >= 11 is 0. The monoisotopic (exact) mass is 757 g/mol. The molecule has 54 heavy (non-hydrogen) atoms. The average Bonchev–Trinajstić information content (AvgIpc) is 3.17. The molecule has 0 aromatic heterocycles. The second kappa shape index (κ2) is 43.1. The van der Waals surface area contributed by atoms with Crippen molar-refractivity contribution < 1.29 is 28.6 Å². The maximum Gasteiger partial charge on any atom is 0.306 e. The van der Waals surface area contributed by atoms with Crippen molar-refractivity contribution in [3.05, 3.63) is 48.6 Å². The second-order valence-electron chi connectivity index (χ2n) is 14.9. The molecule has 0 saturated heterocycles. The molecule has 0 aromatic carbocycles. The molecule has 0 aliphatic heterocycles. The van der Waals surface area contributed by atoms with E-state index in [1.54, 1.807) is 0 Å². The molecule has 6 heteroatoms. The van der Waals surface area contributed by atoms with Gasteiger partial charge in [0, 0.05) is 19.3 Å². The van der Waals surface area contributed by atoms with Crippen molar-refractivity contribution in [3.63, 3.8) is 0 Å². The van der Waals surface area contributed by atoms with Crippen LogP contribution in [-0.4, -0.2) is 37.2 Å². The van der Waals surface area contributed by atoms with Crippen LogP contribution in [0.4, 0.5) is 0 Å². The van der Waals surface area contributed by atoms with E-state index in [0.717, 1.165) is 83.5 Å². The Morgan fingerprint density at radius 2 is 0.722 bits per heavy atom. The Labute approximate surface area is 333 Å². The van der Waals surface area contributed by atoms with Gasteiger partial charge in [0.1, 0.15) is 13.2 Å². The van der Waals surface area contributed by atoms with Gasteiger partial charge in [0.15, 0.2) is 6.10 Å². The number of hydrogen-bond acceptors (Lipinski definition) is 6. The van der Waals surface area contributed by atoms with Gasteiger partial charge < -0.3 is 14.2 Å². The van der Waals surface area contributed by atoms with Gasteiger partial charge in [-0.1, -0.05) is 191 Å². The molecule has 0 spiro atoms. The number of allylic oxidation sites excluding steroid dienone is 8. The van der Waals surface area contributed by atoms with Crippen molar-refractivity contribution in [3.8, 4) is 0 Å². The molecule has 6 nitrogen and oxygen atoms in total. The number of hydrogen-bond donors (Lipinski definition) is 0. The van der Waals surface area contributed by atoms with Crippen LogP contribution in [0.5, 0.6) is 0 Å². The van der Waals surface area contributed by atoms with E-state index in [1.165, 1.54) is 96.3 Å². The largest absolute Gasteiger partial charge is 0.462 e. The lowest BCUT2D eigenvalue weighted by Gasteiger charge is -2.18. The molecule has 0 fully saturated rings. The Kier molecular flexibility index (Phi) is 41.0. The van der Waals surface area contributed by atoms with Gasteiger partial charge in [-0.2, -0.15) is 0 Å². The van der Waals surface area contributed by atoms with E-state index < -0.39 is 6.10 Å². The van der Waals surface area contributed by atoms with E-state index in [1.807, 2.05) is 0 Å². The van der Waals surface area contributed by atoms with Crippen molar-refractivity contribution in [2.24, 2.45) is 0 Å². The van der Waals surface area contributed by atoms with Crippen LogP contribution in [0.1, 0.15) is 220 Å². The Morgan fingerprint density at radius 3 is 1.13 bits per heavy atom. The highest BCUT2D eigenvalue weighted by molar-refractivity contribution is 5.71. The first-order chi connectivity index (χ1) is 26.5. The minimum Gasteiger partial charge on any atom is -0.462 e. The molecule has 1 unspecified atom stereocenters. The first-order valence-electron chi connectivity index (χ1n) is 22.6. The quantitative estimate of drug-likeness (QED) is 0.0268. The van der Waals surface area contributed by atoms with Crippen molar-refractivity contribution in [2.45, 2.75) is 226 Å². The van der Waals surface area contributed by atoms with Crippen LogP contribution in [0.2, 0.25) is 0 Å². The summed E-state index contributed by atoms with van der Waals surface area (Å²) in [7, 11) is 0. The Hall–Kier alpha value is -2.63. The van der Waals surface area contributed by atoms with Gasteiger partial charge in [0.05, 0.1) is 0 Å². The molecule has 0 bridgehead atoms. The van der Waals surface area contributed by atoms with Gasteiger partial charge >= 0.3 is 17.9 Å². The maximum atomic E-state index is 12.7. The summed E-state index contributed by atoms with van der Waals surface area (Å²) < 4.78 is 16.6. The zero-order chi connectivity index (χ0) is 39.4. The van der Waals surface area contributed by atoms with Gasteiger partial charge in [-0.25, -0.2) is 0 Å². The first kappa shape index (κ1) is 51.4. The van der Waals surface area contributed by atoms with Gasteiger partial charge in [-0.3, -0.25) is 14.4 Å². The number of rotatable bonds is 40. The third kappa shape index (κ3) is 40.6. The highest BCUT2D eigenvalue weighted by Crippen LogP contribution is 2.15. The molecular formula is C48H84O6. The number of carbonyl (C=O) groups excluding carboxylic acids is 3. The summed E-state index contributed by atoms with van der Waals surface area (Å²) in [5, 5.41) is 0. The average molecular weight is 757 g/mol. The molecule has 1 atom stereocenters. The Morgan fingerprint density at radius 1 is 0.389 bits per heavy atom. The summed E-state index contributed by atoms with van der Waals surface area (Å²) in [6, 6.07) is 0. The molecule has 0 aliphatic rings. The lowest BCUT2D eigenvalue weighted by Crippen LogP contribution is -2.30. The number of ether oxygens (including phenoxy) is 3. The van der Waals surface area contributed by atoms with Crippen LogP contribution in [0.15, 0.2) is 48.6 Å². The number of esters is 3. The molecule has 0 aromatic rings. The SMILES string of the molecule is CC/C=C\C/C=C\C/C=C\C/C=C\CCCCC(=O)OCC(COC(=O)CCCCCCCCC)OC(=O)CCCCCCCCCCCCCCCC. The standard InChI is InChI=1S/C48H84O6/c1-4-7-10-13-16-18-20-22-24-26-27-29-32-35-38-41-47(50)53-44-45(43-52-46(49)40-37-34-31-15-12-9-6-3)54-48(51)42-39-36-33-30-28-25-23-21-19-17-14-11-8-5-2/h7,10,16,18,22,24,27,29,45H,4-6,8-9,11-15,17,19-21,23,25-26,28,30-44H2,1-3H3/b10-7-,18-16-,24-22-,29-27-. The Balaban J connectivity index is 4.37. The van der Waals surface area contributed by atoms with Crippen LogP contribution >= 0.6 is 0 Å². The van der Waals surface area contributed by atoms with Crippen LogP contribution in [0.25, 0.3) is 0 Å². The van der Waals surface area contributed by atoms with E-state index in [2.05, 4.69) is 69.4 Å². The van der Waals surface area contributed by atoms with Crippen LogP contribution < -0.4 is 0 Å². The highest BCUT2D eigenvalue weighted by Gasteiger charge is 2.19. The zero-order valence-corrected chi connectivity index (χ0v) is 35.5. The third-order valence-electron chi connectivity index (χ3n) is 9.60. The van der Waals surface area contributed by atoms with Gasteiger partial charge in [-0.05, 0) is 57.8 Å². The molecule has 312 valence electrons. The smallest absolute Gasteiger partial charge is 0.306 e.